The van der Waals surface area contributed by atoms with Gasteiger partial charge in [-0.15, -0.1) is 0 Å². The molecular weight excluding hydrogens is 321 g/mol. The zero-order valence-electron chi connectivity index (χ0n) is 10.2. The summed E-state index contributed by atoms with van der Waals surface area (Å²) < 4.78 is 0. The number of carboxylic acids is 1. The Morgan fingerprint density at radius 2 is 1.85 bits per heavy atom. The lowest BCUT2D eigenvalue weighted by Gasteiger charge is -2.10. The van der Waals surface area contributed by atoms with E-state index < -0.39 is 5.97 Å². The average molecular weight is 331 g/mol. The maximum absolute atomic E-state index is 11.0. The predicted molar refractivity (Wildman–Crippen MR) is 82.2 cm³/mol. The number of halogens is 3. The van der Waals surface area contributed by atoms with Crippen molar-refractivity contribution >= 4 is 46.5 Å². The highest BCUT2D eigenvalue weighted by molar-refractivity contribution is 6.42. The molecule has 0 spiro atoms. The molecule has 6 heteroatoms. The molecule has 0 aliphatic heterocycles. The number of hydrogen-bond acceptors (Lipinski definition) is 2. The van der Waals surface area contributed by atoms with Crippen LogP contribution in [0.15, 0.2) is 36.4 Å². The molecule has 0 heterocycles. The molecule has 0 saturated heterocycles. The van der Waals surface area contributed by atoms with Crippen LogP contribution in [0.5, 0.6) is 0 Å². The molecule has 0 saturated carbocycles. The van der Waals surface area contributed by atoms with Crippen molar-refractivity contribution in [3.63, 3.8) is 0 Å². The van der Waals surface area contributed by atoms with Gasteiger partial charge in [-0.2, -0.15) is 0 Å². The van der Waals surface area contributed by atoms with Crippen molar-refractivity contribution < 1.29 is 9.90 Å². The van der Waals surface area contributed by atoms with Gasteiger partial charge >= 0.3 is 5.97 Å². The van der Waals surface area contributed by atoms with Crippen LogP contribution in [0.4, 0.5) is 5.69 Å². The summed E-state index contributed by atoms with van der Waals surface area (Å²) in [6.45, 7) is 0.431. The summed E-state index contributed by atoms with van der Waals surface area (Å²) in [6, 6.07) is 10.1. The van der Waals surface area contributed by atoms with Crippen LogP contribution in [0.1, 0.15) is 15.9 Å². The van der Waals surface area contributed by atoms with Crippen LogP contribution >= 0.6 is 34.8 Å². The minimum Gasteiger partial charge on any atom is -0.478 e. The fraction of sp³-hybridized carbons (Fsp3) is 0.0714. The summed E-state index contributed by atoms with van der Waals surface area (Å²) in [4.78, 5) is 11.0. The lowest BCUT2D eigenvalue weighted by molar-refractivity contribution is 0.0697. The molecular formula is C14H10Cl3NO2. The van der Waals surface area contributed by atoms with Crippen LogP contribution in [0.2, 0.25) is 15.1 Å². The molecule has 0 aliphatic rings. The van der Waals surface area contributed by atoms with E-state index in [9.17, 15) is 4.79 Å². The summed E-state index contributed by atoms with van der Waals surface area (Å²) in [6.07, 6.45) is 0. The van der Waals surface area contributed by atoms with Crippen molar-refractivity contribution in [1.82, 2.24) is 0 Å². The number of hydrogen-bond donors (Lipinski definition) is 2. The van der Waals surface area contributed by atoms with Gasteiger partial charge in [0.15, 0.2) is 0 Å². The van der Waals surface area contributed by atoms with Gasteiger partial charge in [0.2, 0.25) is 0 Å². The van der Waals surface area contributed by atoms with E-state index in [0.717, 1.165) is 5.56 Å². The average Bonchev–Trinajstić information content (AvgIpc) is 2.41. The summed E-state index contributed by atoms with van der Waals surface area (Å²) in [5.41, 5.74) is 1.52. The van der Waals surface area contributed by atoms with Crippen LogP contribution < -0.4 is 5.32 Å². The number of carboxylic acid groups (broad SMARTS) is 1. The van der Waals surface area contributed by atoms with E-state index in [-0.39, 0.29) is 10.6 Å². The second kappa shape index (κ2) is 6.35. The fourth-order valence-electron chi connectivity index (χ4n) is 1.68. The molecule has 0 radical (unpaired) electrons. The molecule has 3 nitrogen and oxygen atoms in total. The Balaban J connectivity index is 2.17. The highest BCUT2D eigenvalue weighted by atomic mass is 35.5. The number of benzene rings is 2. The first-order valence-corrected chi connectivity index (χ1v) is 6.82. The maximum Gasteiger partial charge on any atom is 0.337 e. The van der Waals surface area contributed by atoms with Gasteiger partial charge < -0.3 is 10.4 Å². The first kappa shape index (κ1) is 15.0. The molecule has 0 aliphatic carbocycles. The SMILES string of the molecule is O=C(O)c1cc(NCc2cccc(Cl)c2Cl)ccc1Cl. The van der Waals surface area contributed by atoms with Crippen LogP contribution in [0.3, 0.4) is 0 Å². The smallest absolute Gasteiger partial charge is 0.337 e. The Kier molecular flexibility index (Phi) is 4.76. The Morgan fingerprint density at radius 1 is 1.10 bits per heavy atom. The van der Waals surface area contributed by atoms with E-state index in [2.05, 4.69) is 5.32 Å². The lowest BCUT2D eigenvalue weighted by Crippen LogP contribution is -2.03. The summed E-state index contributed by atoms with van der Waals surface area (Å²) in [7, 11) is 0. The highest BCUT2D eigenvalue weighted by Gasteiger charge is 2.10. The molecule has 2 aromatic carbocycles. The van der Waals surface area contributed by atoms with Crippen LogP contribution in [-0.4, -0.2) is 11.1 Å². The van der Waals surface area contributed by atoms with Gasteiger partial charge in [-0.3, -0.25) is 0 Å². The maximum atomic E-state index is 11.0. The molecule has 0 fully saturated rings. The van der Waals surface area contributed by atoms with Gasteiger partial charge in [-0.1, -0.05) is 46.9 Å². The molecule has 0 atom stereocenters. The van der Waals surface area contributed by atoms with Crippen molar-refractivity contribution in [3.05, 3.63) is 62.6 Å². The lowest BCUT2D eigenvalue weighted by atomic mass is 10.2. The Morgan fingerprint density at radius 3 is 2.55 bits per heavy atom. The van der Waals surface area contributed by atoms with Gasteiger partial charge in [-0.25, -0.2) is 4.79 Å². The van der Waals surface area contributed by atoms with Crippen molar-refractivity contribution in [1.29, 1.82) is 0 Å². The van der Waals surface area contributed by atoms with Crippen molar-refractivity contribution in [2.24, 2.45) is 0 Å². The number of carbonyl (C=O) groups is 1. The molecule has 2 aromatic rings. The zero-order valence-corrected chi connectivity index (χ0v) is 12.4. The van der Waals surface area contributed by atoms with Gasteiger partial charge in [0, 0.05) is 12.2 Å². The first-order valence-electron chi connectivity index (χ1n) is 5.68. The van der Waals surface area contributed by atoms with Crippen LogP contribution in [0.25, 0.3) is 0 Å². The number of anilines is 1. The molecule has 0 bridgehead atoms. The molecule has 0 aromatic heterocycles. The van der Waals surface area contributed by atoms with Crippen LogP contribution in [-0.2, 0) is 6.54 Å². The number of nitrogens with one attached hydrogen (secondary N) is 1. The summed E-state index contributed by atoms with van der Waals surface area (Å²) in [5.74, 6) is -1.07. The topological polar surface area (TPSA) is 49.3 Å². The first-order chi connectivity index (χ1) is 9.49. The second-order valence-corrected chi connectivity index (χ2v) is 5.26. The highest BCUT2D eigenvalue weighted by Crippen LogP contribution is 2.27. The zero-order chi connectivity index (χ0) is 14.7. The Hall–Kier alpha value is -1.42. The third-order valence-corrected chi connectivity index (χ3v) is 3.90. The fourth-order valence-corrected chi connectivity index (χ4v) is 2.27. The number of rotatable bonds is 4. The third-order valence-electron chi connectivity index (χ3n) is 2.71. The monoisotopic (exact) mass is 329 g/mol. The van der Waals surface area contributed by atoms with Crippen molar-refractivity contribution in [3.8, 4) is 0 Å². The molecule has 2 N–H and O–H groups in total. The minimum atomic E-state index is -1.07. The third kappa shape index (κ3) is 3.37. The molecule has 104 valence electrons. The summed E-state index contributed by atoms with van der Waals surface area (Å²) >= 11 is 17.8. The van der Waals surface area contributed by atoms with Gasteiger partial charge in [0.05, 0.1) is 20.6 Å². The second-order valence-electron chi connectivity index (χ2n) is 4.07. The molecule has 2 rings (SSSR count). The van der Waals surface area contributed by atoms with E-state index in [1.807, 2.05) is 6.07 Å². The Bertz CT molecular complexity index is 659. The number of aromatic carboxylic acids is 1. The van der Waals surface area contributed by atoms with Crippen molar-refractivity contribution in [2.45, 2.75) is 6.54 Å². The standard InChI is InChI=1S/C14H10Cl3NO2/c15-11-5-4-9(6-10(11)14(19)20)18-7-8-2-1-3-12(16)13(8)17/h1-6,18H,7H2,(H,19,20). The van der Waals surface area contributed by atoms with Crippen LogP contribution in [0, 0.1) is 0 Å². The largest absolute Gasteiger partial charge is 0.478 e. The quantitative estimate of drug-likeness (QED) is 0.833. The molecule has 20 heavy (non-hydrogen) atoms. The van der Waals surface area contributed by atoms with E-state index in [1.54, 1.807) is 18.2 Å². The Labute approximate surface area is 131 Å². The van der Waals surface area contributed by atoms with Gasteiger partial charge in [0.1, 0.15) is 0 Å². The van der Waals surface area contributed by atoms with E-state index in [1.165, 1.54) is 12.1 Å². The predicted octanol–water partition coefficient (Wildman–Crippen LogP) is 4.96. The minimum absolute atomic E-state index is 0.0499. The van der Waals surface area contributed by atoms with E-state index in [0.29, 0.717) is 22.3 Å². The summed E-state index contributed by atoms with van der Waals surface area (Å²) in [5, 5.41) is 13.3. The van der Waals surface area contributed by atoms with Crippen molar-refractivity contribution in [2.75, 3.05) is 5.32 Å². The van der Waals surface area contributed by atoms with Gasteiger partial charge in [-0.05, 0) is 29.8 Å². The van der Waals surface area contributed by atoms with E-state index >= 15 is 0 Å². The van der Waals surface area contributed by atoms with Gasteiger partial charge in [0.25, 0.3) is 0 Å². The molecule has 0 unspecified atom stereocenters. The normalized spacial score (nSPS) is 10.3. The molecule has 0 amide bonds. The van der Waals surface area contributed by atoms with E-state index in [4.69, 9.17) is 39.9 Å².